The normalized spacial score (nSPS) is 11.0. The van der Waals surface area contributed by atoms with Crippen LogP contribution in [-0.4, -0.2) is 25.3 Å². The maximum absolute atomic E-state index is 12.5. The van der Waals surface area contributed by atoms with E-state index in [-0.39, 0.29) is 11.6 Å². The maximum Gasteiger partial charge on any atom is 0.277 e. The van der Waals surface area contributed by atoms with Crippen LogP contribution in [0.4, 0.5) is 5.69 Å². The zero-order valence-electron chi connectivity index (χ0n) is 14.1. The van der Waals surface area contributed by atoms with Gasteiger partial charge in [0.25, 0.3) is 5.91 Å². The number of aromatic nitrogens is 4. The number of hydrogen-bond acceptors (Lipinski definition) is 3. The zero-order chi connectivity index (χ0) is 18.1. The second kappa shape index (κ2) is 6.65. The van der Waals surface area contributed by atoms with Gasteiger partial charge in [0.2, 0.25) is 0 Å². The Balaban J connectivity index is 1.50. The first-order valence-corrected chi connectivity index (χ1v) is 8.50. The molecule has 6 nitrogen and oxygen atoms in total. The quantitative estimate of drug-likeness (QED) is 0.598. The Labute approximate surface area is 155 Å². The number of carbonyl (C=O) groups excluding carboxylic acids is 1. The van der Waals surface area contributed by atoms with Crippen LogP contribution in [0.15, 0.2) is 61.1 Å². The van der Waals surface area contributed by atoms with Crippen molar-refractivity contribution >= 4 is 28.7 Å². The minimum absolute atomic E-state index is 0.184. The molecule has 1 amide bonds. The first-order chi connectivity index (χ1) is 12.6. The lowest BCUT2D eigenvalue weighted by Gasteiger charge is -2.02. The summed E-state index contributed by atoms with van der Waals surface area (Å²) < 4.78 is 3.35. The highest BCUT2D eigenvalue weighted by molar-refractivity contribution is 6.37. The molecule has 0 saturated heterocycles. The van der Waals surface area contributed by atoms with Crippen LogP contribution in [-0.2, 0) is 6.54 Å². The summed E-state index contributed by atoms with van der Waals surface area (Å²) in [7, 11) is 0. The van der Waals surface area contributed by atoms with Crippen LogP contribution in [0.1, 0.15) is 21.6 Å². The fourth-order valence-electron chi connectivity index (χ4n) is 2.70. The number of fused-ring (bicyclic) bond motifs is 1. The molecule has 4 rings (SSSR count). The summed E-state index contributed by atoms with van der Waals surface area (Å²) in [6.07, 6.45) is 5.13. The Bertz CT molecular complexity index is 1080. The summed E-state index contributed by atoms with van der Waals surface area (Å²) in [5.41, 5.74) is 3.82. The Morgan fingerprint density at radius 1 is 1.19 bits per heavy atom. The number of nitrogens with one attached hydrogen (secondary N) is 1. The summed E-state index contributed by atoms with van der Waals surface area (Å²) in [5.74, 6) is -0.367. The molecule has 130 valence electrons. The molecule has 0 bridgehead atoms. The van der Waals surface area contributed by atoms with E-state index in [0.29, 0.717) is 22.8 Å². The van der Waals surface area contributed by atoms with Crippen molar-refractivity contribution in [3.63, 3.8) is 0 Å². The minimum atomic E-state index is -0.367. The number of carbonyl (C=O) groups is 1. The summed E-state index contributed by atoms with van der Waals surface area (Å²) in [6.45, 7) is 2.68. The molecule has 0 spiro atoms. The number of benzene rings is 1. The largest absolute Gasteiger partial charge is 0.318 e. The number of halogens is 1. The van der Waals surface area contributed by atoms with Crippen LogP contribution in [0.25, 0.3) is 5.52 Å². The van der Waals surface area contributed by atoms with Crippen molar-refractivity contribution in [2.75, 3.05) is 5.32 Å². The third-order valence-corrected chi connectivity index (χ3v) is 4.42. The number of amides is 1. The molecule has 0 aliphatic rings. The molecule has 0 aliphatic heterocycles. The van der Waals surface area contributed by atoms with Crippen molar-refractivity contribution in [1.82, 2.24) is 19.4 Å². The third kappa shape index (κ3) is 3.19. The summed E-state index contributed by atoms with van der Waals surface area (Å²) in [6, 6.07) is 13.7. The summed E-state index contributed by atoms with van der Waals surface area (Å²) in [5, 5.41) is 11.6. The molecule has 0 fully saturated rings. The van der Waals surface area contributed by atoms with Crippen molar-refractivity contribution in [3.8, 4) is 0 Å². The lowest BCUT2D eigenvalue weighted by Crippen LogP contribution is -2.12. The summed E-state index contributed by atoms with van der Waals surface area (Å²) >= 11 is 6.28. The van der Waals surface area contributed by atoms with E-state index >= 15 is 0 Å². The lowest BCUT2D eigenvalue weighted by molar-refractivity contribution is 0.102. The fourth-order valence-corrected chi connectivity index (χ4v) is 2.97. The van der Waals surface area contributed by atoms with Gasteiger partial charge >= 0.3 is 0 Å². The molecule has 0 aliphatic carbocycles. The van der Waals surface area contributed by atoms with Gasteiger partial charge in [-0.3, -0.25) is 9.48 Å². The Morgan fingerprint density at radius 3 is 2.77 bits per heavy atom. The predicted octanol–water partition coefficient (Wildman–Crippen LogP) is 3.79. The molecule has 0 unspecified atom stereocenters. The van der Waals surface area contributed by atoms with E-state index < -0.39 is 0 Å². The molecule has 0 atom stereocenters. The van der Waals surface area contributed by atoms with E-state index in [9.17, 15) is 4.79 Å². The average molecular weight is 366 g/mol. The van der Waals surface area contributed by atoms with Crippen LogP contribution < -0.4 is 5.32 Å². The SMILES string of the molecule is Cc1ccc(Cn2cc(NC(=O)c3nn4ccccc4c3Cl)cn2)cc1. The van der Waals surface area contributed by atoms with Gasteiger partial charge in [-0.1, -0.05) is 47.5 Å². The number of aryl methyl sites for hydroxylation is 1. The summed E-state index contributed by atoms with van der Waals surface area (Å²) in [4.78, 5) is 12.5. The first kappa shape index (κ1) is 16.4. The van der Waals surface area contributed by atoms with Crippen LogP contribution in [0.5, 0.6) is 0 Å². The molecule has 7 heteroatoms. The van der Waals surface area contributed by atoms with Gasteiger partial charge in [0.05, 0.1) is 29.0 Å². The van der Waals surface area contributed by atoms with E-state index in [1.807, 2.05) is 18.2 Å². The monoisotopic (exact) mass is 365 g/mol. The van der Waals surface area contributed by atoms with Gasteiger partial charge in [-0.05, 0) is 24.6 Å². The smallest absolute Gasteiger partial charge is 0.277 e. The van der Waals surface area contributed by atoms with Gasteiger partial charge < -0.3 is 5.32 Å². The number of hydrogen-bond donors (Lipinski definition) is 1. The van der Waals surface area contributed by atoms with Gasteiger partial charge in [-0.2, -0.15) is 10.2 Å². The topological polar surface area (TPSA) is 64.2 Å². The predicted molar refractivity (Wildman–Crippen MR) is 101 cm³/mol. The average Bonchev–Trinajstić information content (AvgIpc) is 3.22. The molecule has 3 heterocycles. The molecular weight excluding hydrogens is 350 g/mol. The van der Waals surface area contributed by atoms with E-state index in [4.69, 9.17) is 11.6 Å². The number of pyridine rings is 1. The van der Waals surface area contributed by atoms with Gasteiger partial charge in [0.15, 0.2) is 5.69 Å². The highest BCUT2D eigenvalue weighted by Crippen LogP contribution is 2.22. The maximum atomic E-state index is 12.5. The third-order valence-electron chi connectivity index (χ3n) is 4.05. The number of rotatable bonds is 4. The molecule has 26 heavy (non-hydrogen) atoms. The van der Waals surface area contributed by atoms with Crippen molar-refractivity contribution in [2.45, 2.75) is 13.5 Å². The molecule has 1 aromatic carbocycles. The van der Waals surface area contributed by atoms with Gasteiger partial charge in [0, 0.05) is 12.4 Å². The number of anilines is 1. The Hall–Kier alpha value is -3.12. The van der Waals surface area contributed by atoms with E-state index in [0.717, 1.165) is 5.56 Å². The molecule has 3 aromatic heterocycles. The molecule has 4 aromatic rings. The zero-order valence-corrected chi connectivity index (χ0v) is 14.8. The van der Waals surface area contributed by atoms with Gasteiger partial charge in [-0.25, -0.2) is 4.52 Å². The van der Waals surface area contributed by atoms with Crippen molar-refractivity contribution in [3.05, 3.63) is 82.9 Å². The highest BCUT2D eigenvalue weighted by atomic mass is 35.5. The molecule has 0 radical (unpaired) electrons. The van der Waals surface area contributed by atoms with Crippen molar-refractivity contribution in [2.24, 2.45) is 0 Å². The van der Waals surface area contributed by atoms with E-state index in [1.54, 1.807) is 27.8 Å². The van der Waals surface area contributed by atoms with Crippen LogP contribution in [0.3, 0.4) is 0 Å². The standard InChI is InChI=1S/C19H16ClN5O/c1-13-5-7-14(8-6-13)11-24-12-15(10-21-24)22-19(26)18-17(20)16-4-2-3-9-25(16)23-18/h2-10,12H,11H2,1H3,(H,22,26). The fraction of sp³-hybridized carbons (Fsp3) is 0.105. The Kier molecular flexibility index (Phi) is 4.18. The van der Waals surface area contributed by atoms with E-state index in [2.05, 4.69) is 46.7 Å². The molecule has 1 N–H and O–H groups in total. The molecular formula is C19H16ClN5O. The minimum Gasteiger partial charge on any atom is -0.318 e. The highest BCUT2D eigenvalue weighted by Gasteiger charge is 2.18. The lowest BCUT2D eigenvalue weighted by atomic mass is 10.1. The van der Waals surface area contributed by atoms with Gasteiger partial charge in [-0.15, -0.1) is 0 Å². The van der Waals surface area contributed by atoms with Crippen LogP contribution in [0, 0.1) is 6.92 Å². The van der Waals surface area contributed by atoms with Crippen LogP contribution >= 0.6 is 11.6 Å². The molecule has 0 saturated carbocycles. The van der Waals surface area contributed by atoms with E-state index in [1.165, 1.54) is 5.56 Å². The Morgan fingerprint density at radius 2 is 2.00 bits per heavy atom. The van der Waals surface area contributed by atoms with Crippen molar-refractivity contribution in [1.29, 1.82) is 0 Å². The second-order valence-corrected chi connectivity index (χ2v) is 6.44. The first-order valence-electron chi connectivity index (χ1n) is 8.12. The van der Waals surface area contributed by atoms with Crippen LogP contribution in [0.2, 0.25) is 5.02 Å². The number of nitrogens with zero attached hydrogens (tertiary/aromatic N) is 4. The van der Waals surface area contributed by atoms with Crippen molar-refractivity contribution < 1.29 is 4.79 Å². The second-order valence-electron chi connectivity index (χ2n) is 6.06. The van der Waals surface area contributed by atoms with Gasteiger partial charge in [0.1, 0.15) is 0 Å².